The molecule has 76 valence electrons. The van der Waals surface area contributed by atoms with Crippen LogP contribution in [0.25, 0.3) is 0 Å². The summed E-state index contributed by atoms with van der Waals surface area (Å²) in [4.78, 5) is 10.3. The lowest BCUT2D eigenvalue weighted by molar-refractivity contribution is 0.618. The van der Waals surface area contributed by atoms with Crippen LogP contribution < -0.4 is 0 Å². The van der Waals surface area contributed by atoms with E-state index in [-0.39, 0.29) is 0 Å². The highest BCUT2D eigenvalue weighted by Gasteiger charge is 2.02. The van der Waals surface area contributed by atoms with E-state index in [0.717, 1.165) is 10.3 Å². The van der Waals surface area contributed by atoms with E-state index in [9.17, 15) is 0 Å². The third-order valence-electron chi connectivity index (χ3n) is 1.71. The Hall–Kier alpha value is -0.610. The lowest BCUT2D eigenvalue weighted by Gasteiger charge is -2.10. The molecule has 1 aromatic rings. The van der Waals surface area contributed by atoms with Crippen molar-refractivity contribution in [2.45, 2.75) is 6.92 Å². The summed E-state index contributed by atoms with van der Waals surface area (Å²) in [6, 6.07) is 3.55. The summed E-state index contributed by atoms with van der Waals surface area (Å²) in [5.41, 5.74) is 0. The zero-order valence-electron chi connectivity index (χ0n) is 8.25. The summed E-state index contributed by atoms with van der Waals surface area (Å²) in [5, 5.41) is 0.443. The Morgan fingerprint density at radius 3 is 2.71 bits per heavy atom. The zero-order chi connectivity index (χ0) is 10.7. The van der Waals surface area contributed by atoms with Gasteiger partial charge in [0, 0.05) is 14.1 Å². The standard InChI is InChI=1S/C9H11BrClN3/c1-6(14(2)3)12-9-7(10)4-5-8(11)13-9/h4-5H,1-3H3. The first-order chi connectivity index (χ1) is 6.50. The number of hydrogen-bond donors (Lipinski definition) is 0. The quantitative estimate of drug-likeness (QED) is 0.448. The second kappa shape index (κ2) is 4.75. The largest absolute Gasteiger partial charge is 0.366 e. The Balaban J connectivity index is 3.07. The fourth-order valence-corrected chi connectivity index (χ4v) is 1.19. The summed E-state index contributed by atoms with van der Waals surface area (Å²) in [7, 11) is 3.86. The molecule has 0 spiro atoms. The highest BCUT2D eigenvalue weighted by molar-refractivity contribution is 9.10. The third kappa shape index (κ3) is 2.96. The minimum atomic E-state index is 0.443. The first-order valence-corrected chi connectivity index (χ1v) is 5.22. The molecule has 1 aromatic heterocycles. The van der Waals surface area contributed by atoms with Crippen molar-refractivity contribution in [2.75, 3.05) is 14.1 Å². The van der Waals surface area contributed by atoms with Crippen LogP contribution in [0.1, 0.15) is 6.92 Å². The van der Waals surface area contributed by atoms with E-state index in [1.54, 1.807) is 6.07 Å². The van der Waals surface area contributed by atoms with E-state index in [0.29, 0.717) is 11.0 Å². The van der Waals surface area contributed by atoms with Crippen LogP contribution in [-0.4, -0.2) is 29.8 Å². The van der Waals surface area contributed by atoms with E-state index >= 15 is 0 Å². The van der Waals surface area contributed by atoms with Gasteiger partial charge in [-0.2, -0.15) is 0 Å². The van der Waals surface area contributed by atoms with E-state index < -0.39 is 0 Å². The van der Waals surface area contributed by atoms with Crippen molar-refractivity contribution < 1.29 is 0 Å². The smallest absolute Gasteiger partial charge is 0.169 e. The van der Waals surface area contributed by atoms with Gasteiger partial charge >= 0.3 is 0 Å². The van der Waals surface area contributed by atoms with E-state index in [4.69, 9.17) is 11.6 Å². The number of rotatable bonds is 1. The Morgan fingerprint density at radius 1 is 1.50 bits per heavy atom. The first kappa shape index (κ1) is 11.5. The van der Waals surface area contributed by atoms with Crippen LogP contribution in [0.4, 0.5) is 5.82 Å². The van der Waals surface area contributed by atoms with E-state index in [1.807, 2.05) is 32.0 Å². The molecule has 0 aliphatic carbocycles. The molecular weight excluding hydrogens is 265 g/mol. The van der Waals surface area contributed by atoms with Gasteiger partial charge in [0.05, 0.1) is 4.47 Å². The molecule has 0 N–H and O–H groups in total. The monoisotopic (exact) mass is 275 g/mol. The third-order valence-corrected chi connectivity index (χ3v) is 2.54. The molecule has 0 atom stereocenters. The molecule has 0 bridgehead atoms. The number of hydrogen-bond acceptors (Lipinski definition) is 2. The summed E-state index contributed by atoms with van der Waals surface area (Å²) in [5.74, 6) is 1.48. The molecule has 0 aliphatic heterocycles. The van der Waals surface area contributed by atoms with Gasteiger partial charge < -0.3 is 4.90 Å². The van der Waals surface area contributed by atoms with Crippen LogP contribution in [0.3, 0.4) is 0 Å². The zero-order valence-corrected chi connectivity index (χ0v) is 10.6. The van der Waals surface area contributed by atoms with Gasteiger partial charge in [0.1, 0.15) is 11.0 Å². The maximum absolute atomic E-state index is 5.77. The number of aromatic nitrogens is 1. The average molecular weight is 277 g/mol. The summed E-state index contributed by atoms with van der Waals surface area (Å²) in [6.45, 7) is 1.91. The molecule has 0 unspecified atom stereocenters. The van der Waals surface area contributed by atoms with Gasteiger partial charge in [0.15, 0.2) is 5.82 Å². The summed E-state index contributed by atoms with van der Waals surface area (Å²) < 4.78 is 0.836. The molecule has 0 fully saturated rings. The predicted molar refractivity (Wildman–Crippen MR) is 63.4 cm³/mol. The van der Waals surface area contributed by atoms with Gasteiger partial charge in [0.25, 0.3) is 0 Å². The van der Waals surface area contributed by atoms with Crippen LogP contribution in [0.15, 0.2) is 21.6 Å². The van der Waals surface area contributed by atoms with Crippen LogP contribution in [-0.2, 0) is 0 Å². The molecular formula is C9H11BrClN3. The molecule has 1 heterocycles. The van der Waals surface area contributed by atoms with Gasteiger partial charge in [-0.25, -0.2) is 9.98 Å². The molecule has 0 saturated carbocycles. The Bertz CT molecular complexity index is 363. The average Bonchev–Trinajstić information content (AvgIpc) is 2.11. The van der Waals surface area contributed by atoms with Crippen LogP contribution in [0.5, 0.6) is 0 Å². The van der Waals surface area contributed by atoms with Crippen molar-refractivity contribution in [2.24, 2.45) is 4.99 Å². The van der Waals surface area contributed by atoms with Crippen LogP contribution in [0, 0.1) is 0 Å². The van der Waals surface area contributed by atoms with Gasteiger partial charge in [0.2, 0.25) is 0 Å². The normalized spacial score (nSPS) is 11.6. The molecule has 0 amide bonds. The molecule has 0 saturated heterocycles. The first-order valence-electron chi connectivity index (χ1n) is 4.05. The highest BCUT2D eigenvalue weighted by atomic mass is 79.9. The number of pyridine rings is 1. The maximum Gasteiger partial charge on any atom is 0.169 e. The summed E-state index contributed by atoms with van der Waals surface area (Å²) in [6.07, 6.45) is 0. The van der Waals surface area contributed by atoms with Crippen LogP contribution >= 0.6 is 27.5 Å². The lowest BCUT2D eigenvalue weighted by atomic mass is 10.4. The molecule has 1 rings (SSSR count). The van der Waals surface area contributed by atoms with Crippen molar-refractivity contribution >= 4 is 39.2 Å². The van der Waals surface area contributed by atoms with Gasteiger partial charge in [-0.05, 0) is 35.0 Å². The predicted octanol–water partition coefficient (Wildman–Crippen LogP) is 3.11. The van der Waals surface area contributed by atoms with E-state index in [1.165, 1.54) is 0 Å². The number of aliphatic imine (C=N–C) groups is 1. The van der Waals surface area contributed by atoms with Gasteiger partial charge in [-0.15, -0.1) is 0 Å². The second-order valence-corrected chi connectivity index (χ2v) is 4.23. The molecule has 0 aromatic carbocycles. The van der Waals surface area contributed by atoms with Crippen molar-refractivity contribution in [3.63, 3.8) is 0 Å². The maximum atomic E-state index is 5.77. The SMILES string of the molecule is CC(=Nc1nc(Cl)ccc1Br)N(C)C. The van der Waals surface area contributed by atoms with Gasteiger partial charge in [-0.1, -0.05) is 11.6 Å². The van der Waals surface area contributed by atoms with E-state index in [2.05, 4.69) is 25.9 Å². The van der Waals surface area contributed by atoms with Crippen molar-refractivity contribution in [3.8, 4) is 0 Å². The molecule has 0 aliphatic rings. The summed E-state index contributed by atoms with van der Waals surface area (Å²) >= 11 is 9.13. The number of nitrogens with zero attached hydrogens (tertiary/aromatic N) is 3. The Morgan fingerprint density at radius 2 is 2.14 bits per heavy atom. The topological polar surface area (TPSA) is 28.5 Å². The molecule has 5 heteroatoms. The Kier molecular flexibility index (Phi) is 3.89. The van der Waals surface area contributed by atoms with Crippen molar-refractivity contribution in [3.05, 3.63) is 21.8 Å². The number of amidine groups is 1. The van der Waals surface area contributed by atoms with Crippen molar-refractivity contribution in [1.29, 1.82) is 0 Å². The number of halogens is 2. The lowest BCUT2D eigenvalue weighted by Crippen LogP contribution is -2.17. The van der Waals surface area contributed by atoms with Crippen LogP contribution in [0.2, 0.25) is 5.15 Å². The van der Waals surface area contributed by atoms with Crippen molar-refractivity contribution in [1.82, 2.24) is 9.88 Å². The minimum Gasteiger partial charge on any atom is -0.366 e. The molecule has 14 heavy (non-hydrogen) atoms. The van der Waals surface area contributed by atoms with Gasteiger partial charge in [-0.3, -0.25) is 0 Å². The fourth-order valence-electron chi connectivity index (χ4n) is 0.740. The fraction of sp³-hybridized carbons (Fsp3) is 0.333. The molecule has 0 radical (unpaired) electrons. The Labute approximate surface area is 96.9 Å². The molecule has 3 nitrogen and oxygen atoms in total. The minimum absolute atomic E-state index is 0.443. The second-order valence-electron chi connectivity index (χ2n) is 2.99. The highest BCUT2D eigenvalue weighted by Crippen LogP contribution is 2.24.